The summed E-state index contributed by atoms with van der Waals surface area (Å²) >= 11 is 0. The first-order chi connectivity index (χ1) is 6.25. The third-order valence-electron chi connectivity index (χ3n) is 1.71. The zero-order valence-electron chi connectivity index (χ0n) is 7.53. The lowest BCUT2D eigenvalue weighted by Gasteiger charge is -2.09. The Morgan fingerprint density at radius 1 is 1.46 bits per heavy atom. The van der Waals surface area contributed by atoms with Crippen molar-refractivity contribution in [1.29, 1.82) is 0 Å². The van der Waals surface area contributed by atoms with Crippen molar-refractivity contribution < 1.29 is 9.90 Å². The Balaban J connectivity index is 2.68. The second-order valence-electron chi connectivity index (χ2n) is 2.71. The number of hydrogen-bond acceptors (Lipinski definition) is 2. The standard InChI is InChI=1S/C10H13NO2/c1-2-11-10(13)9(12)8-6-4-3-5-7-8/h3-7,9,12H,2H2,1H3,(H,11,13)/t9-/m1/s1. The predicted molar refractivity (Wildman–Crippen MR) is 50.1 cm³/mol. The molecule has 0 bridgehead atoms. The lowest BCUT2D eigenvalue weighted by atomic mass is 10.1. The number of carbonyl (C=O) groups excluding carboxylic acids is 1. The van der Waals surface area contributed by atoms with Crippen LogP contribution in [0.25, 0.3) is 0 Å². The van der Waals surface area contributed by atoms with Crippen LogP contribution in [0.1, 0.15) is 18.6 Å². The van der Waals surface area contributed by atoms with Crippen LogP contribution in [0.3, 0.4) is 0 Å². The van der Waals surface area contributed by atoms with Crippen LogP contribution in [0.2, 0.25) is 0 Å². The van der Waals surface area contributed by atoms with Crippen molar-refractivity contribution in [2.24, 2.45) is 0 Å². The number of hydrogen-bond donors (Lipinski definition) is 2. The molecular formula is C10H13NO2. The Labute approximate surface area is 77.4 Å². The molecule has 3 nitrogen and oxygen atoms in total. The molecule has 0 saturated heterocycles. The number of aliphatic hydroxyl groups is 1. The molecule has 1 amide bonds. The van der Waals surface area contributed by atoms with E-state index in [0.29, 0.717) is 12.1 Å². The summed E-state index contributed by atoms with van der Waals surface area (Å²) in [4.78, 5) is 11.2. The van der Waals surface area contributed by atoms with Gasteiger partial charge < -0.3 is 10.4 Å². The number of aliphatic hydroxyl groups excluding tert-OH is 1. The average molecular weight is 179 g/mol. The van der Waals surface area contributed by atoms with Gasteiger partial charge in [-0.2, -0.15) is 0 Å². The molecule has 0 unspecified atom stereocenters. The molecule has 1 aromatic carbocycles. The van der Waals surface area contributed by atoms with Crippen LogP contribution in [0, 0.1) is 0 Å². The number of amides is 1. The first kappa shape index (κ1) is 9.74. The van der Waals surface area contributed by atoms with E-state index in [-0.39, 0.29) is 5.91 Å². The minimum atomic E-state index is -1.05. The molecule has 1 aromatic rings. The summed E-state index contributed by atoms with van der Waals surface area (Å²) in [6, 6.07) is 8.86. The van der Waals surface area contributed by atoms with Gasteiger partial charge >= 0.3 is 0 Å². The van der Waals surface area contributed by atoms with Crippen molar-refractivity contribution in [3.63, 3.8) is 0 Å². The molecule has 3 heteroatoms. The van der Waals surface area contributed by atoms with E-state index in [4.69, 9.17) is 0 Å². The Bertz CT molecular complexity index is 272. The quantitative estimate of drug-likeness (QED) is 0.723. The van der Waals surface area contributed by atoms with E-state index in [1.165, 1.54) is 0 Å². The van der Waals surface area contributed by atoms with E-state index >= 15 is 0 Å². The highest BCUT2D eigenvalue weighted by atomic mass is 16.3. The van der Waals surface area contributed by atoms with Crippen molar-refractivity contribution in [1.82, 2.24) is 5.32 Å². The van der Waals surface area contributed by atoms with Gasteiger partial charge in [0, 0.05) is 6.54 Å². The lowest BCUT2D eigenvalue weighted by Crippen LogP contribution is -2.28. The van der Waals surface area contributed by atoms with E-state index in [2.05, 4.69) is 5.32 Å². The molecule has 70 valence electrons. The Morgan fingerprint density at radius 2 is 2.08 bits per heavy atom. The van der Waals surface area contributed by atoms with Gasteiger partial charge in [-0.1, -0.05) is 30.3 Å². The SMILES string of the molecule is CCNC(=O)[C@H](O)c1ccccc1. The normalized spacial score (nSPS) is 12.2. The first-order valence-electron chi connectivity index (χ1n) is 4.26. The summed E-state index contributed by atoms with van der Waals surface area (Å²) in [5.41, 5.74) is 0.619. The van der Waals surface area contributed by atoms with Crippen LogP contribution < -0.4 is 5.32 Å². The molecule has 1 atom stereocenters. The van der Waals surface area contributed by atoms with E-state index in [0.717, 1.165) is 0 Å². The number of nitrogens with one attached hydrogen (secondary N) is 1. The molecule has 0 aliphatic carbocycles. The fourth-order valence-electron chi connectivity index (χ4n) is 1.06. The molecular weight excluding hydrogens is 166 g/mol. The largest absolute Gasteiger partial charge is 0.378 e. The summed E-state index contributed by atoms with van der Waals surface area (Å²) in [5, 5.41) is 12.1. The third kappa shape index (κ3) is 2.56. The van der Waals surface area contributed by atoms with E-state index < -0.39 is 6.10 Å². The first-order valence-corrected chi connectivity index (χ1v) is 4.26. The van der Waals surface area contributed by atoms with Crippen LogP contribution in [-0.4, -0.2) is 17.6 Å². The van der Waals surface area contributed by atoms with Crippen LogP contribution in [0.5, 0.6) is 0 Å². The molecule has 0 fully saturated rings. The van der Waals surface area contributed by atoms with Crippen LogP contribution >= 0.6 is 0 Å². The molecule has 0 aliphatic heterocycles. The number of carbonyl (C=O) groups is 1. The summed E-state index contributed by atoms with van der Waals surface area (Å²) in [6.45, 7) is 2.35. The maximum Gasteiger partial charge on any atom is 0.253 e. The molecule has 0 heterocycles. The van der Waals surface area contributed by atoms with Crippen molar-refractivity contribution in [2.75, 3.05) is 6.54 Å². The molecule has 0 spiro atoms. The Kier molecular flexibility index (Phi) is 3.46. The second-order valence-corrected chi connectivity index (χ2v) is 2.71. The van der Waals surface area contributed by atoms with Crippen molar-refractivity contribution in [2.45, 2.75) is 13.0 Å². The summed E-state index contributed by atoms with van der Waals surface area (Å²) in [7, 11) is 0. The summed E-state index contributed by atoms with van der Waals surface area (Å²) in [6.07, 6.45) is -1.05. The van der Waals surface area contributed by atoms with Crippen molar-refractivity contribution in [3.8, 4) is 0 Å². The second kappa shape index (κ2) is 4.62. The van der Waals surface area contributed by atoms with Crippen LogP contribution in [0.15, 0.2) is 30.3 Å². The van der Waals surface area contributed by atoms with Gasteiger partial charge in [0.15, 0.2) is 6.10 Å². The van der Waals surface area contributed by atoms with Gasteiger partial charge in [0.25, 0.3) is 5.91 Å². The number of rotatable bonds is 3. The average Bonchev–Trinajstić information content (AvgIpc) is 2.18. The number of benzene rings is 1. The molecule has 0 saturated carbocycles. The minimum Gasteiger partial charge on any atom is -0.378 e. The zero-order valence-corrected chi connectivity index (χ0v) is 7.53. The summed E-state index contributed by atoms with van der Waals surface area (Å²) < 4.78 is 0. The van der Waals surface area contributed by atoms with Gasteiger partial charge in [-0.15, -0.1) is 0 Å². The molecule has 2 N–H and O–H groups in total. The van der Waals surface area contributed by atoms with Gasteiger partial charge in [-0.25, -0.2) is 0 Å². The van der Waals surface area contributed by atoms with Gasteiger partial charge in [0.05, 0.1) is 0 Å². The zero-order chi connectivity index (χ0) is 9.68. The minimum absolute atomic E-state index is 0.353. The van der Waals surface area contributed by atoms with E-state index in [1.807, 2.05) is 13.0 Å². The Hall–Kier alpha value is -1.35. The topological polar surface area (TPSA) is 49.3 Å². The smallest absolute Gasteiger partial charge is 0.253 e. The highest BCUT2D eigenvalue weighted by Crippen LogP contribution is 2.11. The third-order valence-corrected chi connectivity index (χ3v) is 1.71. The fraction of sp³-hybridized carbons (Fsp3) is 0.300. The highest BCUT2D eigenvalue weighted by molar-refractivity contribution is 5.81. The predicted octanol–water partition coefficient (Wildman–Crippen LogP) is 0.856. The van der Waals surface area contributed by atoms with Crippen molar-refractivity contribution >= 4 is 5.91 Å². The highest BCUT2D eigenvalue weighted by Gasteiger charge is 2.14. The van der Waals surface area contributed by atoms with Gasteiger partial charge in [-0.05, 0) is 12.5 Å². The Morgan fingerprint density at radius 3 is 2.62 bits per heavy atom. The van der Waals surface area contributed by atoms with Gasteiger partial charge in [0.1, 0.15) is 0 Å². The number of likely N-dealkylation sites (N-methyl/N-ethyl adjacent to an activating group) is 1. The fourth-order valence-corrected chi connectivity index (χ4v) is 1.06. The molecule has 0 aliphatic rings. The molecule has 1 rings (SSSR count). The van der Waals surface area contributed by atoms with Gasteiger partial charge in [-0.3, -0.25) is 4.79 Å². The van der Waals surface area contributed by atoms with E-state index in [1.54, 1.807) is 24.3 Å². The molecule has 0 aromatic heterocycles. The summed E-state index contributed by atoms with van der Waals surface area (Å²) in [5.74, 6) is -0.353. The van der Waals surface area contributed by atoms with Gasteiger partial charge in [0.2, 0.25) is 0 Å². The van der Waals surface area contributed by atoms with Crippen LogP contribution in [-0.2, 0) is 4.79 Å². The van der Waals surface area contributed by atoms with Crippen LogP contribution in [0.4, 0.5) is 0 Å². The molecule has 13 heavy (non-hydrogen) atoms. The maximum atomic E-state index is 11.2. The van der Waals surface area contributed by atoms with Crippen molar-refractivity contribution in [3.05, 3.63) is 35.9 Å². The molecule has 0 radical (unpaired) electrons. The maximum absolute atomic E-state index is 11.2. The monoisotopic (exact) mass is 179 g/mol. The lowest BCUT2D eigenvalue weighted by molar-refractivity contribution is -0.129. The van der Waals surface area contributed by atoms with E-state index in [9.17, 15) is 9.90 Å².